The van der Waals surface area contributed by atoms with E-state index in [2.05, 4.69) is 15.1 Å². The lowest BCUT2D eigenvalue weighted by molar-refractivity contribution is 0.0697. The molecule has 1 aromatic carbocycles. The second kappa shape index (κ2) is 7.87. The lowest BCUT2D eigenvalue weighted by Gasteiger charge is -2.24. The molecule has 2 heterocycles. The van der Waals surface area contributed by atoms with Crippen LogP contribution in [0.4, 0.5) is 5.82 Å². The summed E-state index contributed by atoms with van der Waals surface area (Å²) < 4.78 is 7.53. The van der Waals surface area contributed by atoms with Gasteiger partial charge in [-0.05, 0) is 37.8 Å². The predicted octanol–water partition coefficient (Wildman–Crippen LogP) is 3.94. The fourth-order valence-electron chi connectivity index (χ4n) is 3.54. The third-order valence-corrected chi connectivity index (χ3v) is 5.32. The summed E-state index contributed by atoms with van der Waals surface area (Å²) in [5, 5.41) is 14.5. The second-order valence-electron chi connectivity index (χ2n) is 7.40. The van der Waals surface area contributed by atoms with Crippen molar-refractivity contribution in [2.24, 2.45) is 0 Å². The van der Waals surface area contributed by atoms with Gasteiger partial charge in [0, 0.05) is 25.7 Å². The van der Waals surface area contributed by atoms with Gasteiger partial charge in [-0.15, -0.1) is 0 Å². The monoisotopic (exact) mass is 415 g/mol. The van der Waals surface area contributed by atoms with E-state index in [1.807, 2.05) is 25.1 Å². The van der Waals surface area contributed by atoms with E-state index in [-0.39, 0.29) is 17.6 Å². The van der Waals surface area contributed by atoms with Gasteiger partial charge in [0.05, 0.1) is 28.4 Å². The van der Waals surface area contributed by atoms with Crippen molar-refractivity contribution in [1.82, 2.24) is 19.7 Å². The fourth-order valence-corrected chi connectivity index (χ4v) is 3.74. The van der Waals surface area contributed by atoms with Gasteiger partial charge in [0.25, 0.3) is 5.95 Å². The smallest absolute Gasteiger partial charge is 0.338 e. The lowest BCUT2D eigenvalue weighted by atomic mass is 9.98. The molecule has 0 saturated heterocycles. The van der Waals surface area contributed by atoms with E-state index in [1.54, 1.807) is 6.07 Å². The Hall–Kier alpha value is -2.87. The number of carboxylic acid groups (broad SMARTS) is 1. The maximum atomic E-state index is 11.1. The predicted molar refractivity (Wildman–Crippen MR) is 110 cm³/mol. The van der Waals surface area contributed by atoms with Crippen LogP contribution in [-0.4, -0.2) is 51.0 Å². The van der Waals surface area contributed by atoms with Crippen LogP contribution in [0, 0.1) is 0 Å². The number of anilines is 1. The molecule has 0 radical (unpaired) electrons. The topological polar surface area (TPSA) is 93.4 Å². The van der Waals surface area contributed by atoms with E-state index >= 15 is 0 Å². The van der Waals surface area contributed by atoms with E-state index in [9.17, 15) is 4.79 Å². The van der Waals surface area contributed by atoms with Crippen LogP contribution in [0.2, 0.25) is 5.02 Å². The van der Waals surface area contributed by atoms with Gasteiger partial charge in [0.1, 0.15) is 11.6 Å². The minimum atomic E-state index is -1.06. The minimum absolute atomic E-state index is 0.0642. The summed E-state index contributed by atoms with van der Waals surface area (Å²) in [6.07, 6.45) is 8.50. The molecular weight excluding hydrogens is 394 g/mol. The Morgan fingerprint density at radius 3 is 2.66 bits per heavy atom. The highest BCUT2D eigenvalue weighted by molar-refractivity contribution is 6.33. The summed E-state index contributed by atoms with van der Waals surface area (Å²) in [6, 6.07) is 3.64. The Bertz CT molecular complexity index is 1060. The molecule has 1 aliphatic rings. The third kappa shape index (κ3) is 3.98. The molecule has 1 saturated carbocycles. The minimum Gasteiger partial charge on any atom is -0.489 e. The number of aromatic carboxylic acids is 1. The number of hydrogen-bond acceptors (Lipinski definition) is 6. The number of hydrogen-bond donors (Lipinski definition) is 1. The highest BCUT2D eigenvalue weighted by Crippen LogP contribution is 2.35. The zero-order chi connectivity index (χ0) is 20.5. The van der Waals surface area contributed by atoms with Gasteiger partial charge < -0.3 is 14.7 Å². The van der Waals surface area contributed by atoms with Gasteiger partial charge in [-0.25, -0.2) is 14.5 Å². The fraction of sp³-hybridized carbons (Fsp3) is 0.400. The van der Waals surface area contributed by atoms with Crippen molar-refractivity contribution in [3.63, 3.8) is 0 Å². The van der Waals surface area contributed by atoms with Crippen molar-refractivity contribution in [2.75, 3.05) is 19.0 Å². The molecule has 3 aromatic rings. The van der Waals surface area contributed by atoms with Gasteiger partial charge in [0.2, 0.25) is 0 Å². The van der Waals surface area contributed by atoms with Crippen LogP contribution >= 0.6 is 11.6 Å². The Labute approximate surface area is 173 Å². The van der Waals surface area contributed by atoms with Crippen molar-refractivity contribution in [3.8, 4) is 11.7 Å². The molecule has 0 spiro atoms. The number of aromatic nitrogens is 4. The van der Waals surface area contributed by atoms with Crippen LogP contribution in [0.15, 0.2) is 24.5 Å². The molecule has 0 aliphatic heterocycles. The number of carboxylic acids is 1. The number of halogens is 1. The summed E-state index contributed by atoms with van der Waals surface area (Å²) in [7, 11) is 3.77. The maximum Gasteiger partial charge on any atom is 0.338 e. The molecule has 29 heavy (non-hydrogen) atoms. The molecule has 1 N–H and O–H groups in total. The molecule has 1 aliphatic carbocycles. The largest absolute Gasteiger partial charge is 0.489 e. The Morgan fingerprint density at radius 1 is 1.24 bits per heavy atom. The van der Waals surface area contributed by atoms with Crippen molar-refractivity contribution < 1.29 is 14.6 Å². The first kappa shape index (κ1) is 19.4. The highest BCUT2D eigenvalue weighted by Gasteiger charge is 2.19. The molecule has 2 aromatic heterocycles. The number of carbonyl (C=O) groups is 1. The van der Waals surface area contributed by atoms with Crippen molar-refractivity contribution in [3.05, 3.63) is 35.1 Å². The molecule has 152 valence electrons. The summed E-state index contributed by atoms with van der Waals surface area (Å²) in [4.78, 5) is 22.1. The molecule has 1 fully saturated rings. The standard InChI is InChI=1S/C20H22ClN5O3/c1-25(2)18-14-8-17(29-13-6-4-3-5-7-13)15(21)9-16(14)23-20(24-18)26-11-12(10-22-26)19(27)28/h8-11,13H,3-7H2,1-2H3,(H,27,28). The van der Waals surface area contributed by atoms with E-state index in [0.29, 0.717) is 22.1 Å². The zero-order valence-electron chi connectivity index (χ0n) is 16.3. The van der Waals surface area contributed by atoms with E-state index in [0.717, 1.165) is 18.2 Å². The first-order valence-electron chi connectivity index (χ1n) is 9.56. The van der Waals surface area contributed by atoms with Crippen LogP contribution in [0.3, 0.4) is 0 Å². The highest BCUT2D eigenvalue weighted by atomic mass is 35.5. The normalized spacial score (nSPS) is 14.9. The van der Waals surface area contributed by atoms with Gasteiger partial charge in [0.15, 0.2) is 0 Å². The van der Waals surface area contributed by atoms with Gasteiger partial charge >= 0.3 is 5.97 Å². The van der Waals surface area contributed by atoms with Crippen LogP contribution in [-0.2, 0) is 0 Å². The van der Waals surface area contributed by atoms with Crippen LogP contribution in [0.5, 0.6) is 5.75 Å². The molecule has 0 unspecified atom stereocenters. The summed E-state index contributed by atoms with van der Waals surface area (Å²) in [5.41, 5.74) is 0.696. The quantitative estimate of drug-likeness (QED) is 0.674. The van der Waals surface area contributed by atoms with Crippen LogP contribution < -0.4 is 9.64 Å². The zero-order valence-corrected chi connectivity index (χ0v) is 17.1. The Balaban J connectivity index is 1.77. The van der Waals surface area contributed by atoms with E-state index in [1.165, 1.54) is 36.3 Å². The van der Waals surface area contributed by atoms with Gasteiger partial charge in [-0.2, -0.15) is 10.1 Å². The SMILES string of the molecule is CN(C)c1nc(-n2cc(C(=O)O)cn2)nc2cc(Cl)c(OC3CCCCC3)cc12. The first-order valence-corrected chi connectivity index (χ1v) is 9.94. The van der Waals surface area contributed by atoms with E-state index in [4.69, 9.17) is 21.4 Å². The van der Waals surface area contributed by atoms with Crippen molar-refractivity contribution in [2.45, 2.75) is 38.2 Å². The number of fused-ring (bicyclic) bond motifs is 1. The maximum absolute atomic E-state index is 11.1. The molecule has 9 heteroatoms. The molecule has 0 atom stereocenters. The van der Waals surface area contributed by atoms with Crippen LogP contribution in [0.1, 0.15) is 42.5 Å². The molecule has 0 bridgehead atoms. The van der Waals surface area contributed by atoms with E-state index < -0.39 is 5.97 Å². The summed E-state index contributed by atoms with van der Waals surface area (Å²) in [6.45, 7) is 0. The van der Waals surface area contributed by atoms with Gasteiger partial charge in [-0.1, -0.05) is 18.0 Å². The summed E-state index contributed by atoms with van der Waals surface area (Å²) >= 11 is 6.50. The lowest BCUT2D eigenvalue weighted by Crippen LogP contribution is -2.20. The third-order valence-electron chi connectivity index (χ3n) is 5.02. The number of benzene rings is 1. The number of nitrogens with zero attached hydrogens (tertiary/aromatic N) is 5. The Kier molecular flexibility index (Phi) is 5.27. The average Bonchev–Trinajstić information content (AvgIpc) is 3.19. The molecule has 4 rings (SSSR count). The second-order valence-corrected chi connectivity index (χ2v) is 7.81. The number of ether oxygens (including phenoxy) is 1. The molecule has 0 amide bonds. The Morgan fingerprint density at radius 2 is 2.00 bits per heavy atom. The number of rotatable bonds is 5. The van der Waals surface area contributed by atoms with Crippen molar-refractivity contribution in [1.29, 1.82) is 0 Å². The average molecular weight is 416 g/mol. The van der Waals surface area contributed by atoms with Gasteiger partial charge in [-0.3, -0.25) is 0 Å². The summed E-state index contributed by atoms with van der Waals surface area (Å²) in [5.74, 6) is 0.517. The van der Waals surface area contributed by atoms with Crippen LogP contribution in [0.25, 0.3) is 16.9 Å². The molecule has 8 nitrogen and oxygen atoms in total. The first-order chi connectivity index (χ1) is 13.9. The van der Waals surface area contributed by atoms with Crippen molar-refractivity contribution >= 4 is 34.3 Å². The molecular formula is C20H22ClN5O3.